The molecule has 0 radical (unpaired) electrons. The van der Waals surface area contributed by atoms with Crippen molar-refractivity contribution in [2.24, 2.45) is 28.1 Å². The third kappa shape index (κ3) is 3.59. The number of ether oxygens (including phenoxy) is 2. The minimum atomic E-state index is -0.430. The number of hydrogen-bond acceptors (Lipinski definition) is 5. The smallest absolute Gasteiger partial charge is 0.308 e. The van der Waals surface area contributed by atoms with Crippen LogP contribution in [0.2, 0.25) is 0 Å². The Labute approximate surface area is 221 Å². The minimum absolute atomic E-state index is 0.0199. The van der Waals surface area contributed by atoms with Gasteiger partial charge in [0.25, 0.3) is 0 Å². The Bertz CT molecular complexity index is 1240. The molecule has 5 nitrogen and oxygen atoms in total. The molecule has 3 saturated carbocycles. The maximum absolute atomic E-state index is 12.8. The summed E-state index contributed by atoms with van der Waals surface area (Å²) in [6.07, 6.45) is 9.17. The fourth-order valence-electron chi connectivity index (χ4n) is 9.11. The molecule has 3 fully saturated rings. The van der Waals surface area contributed by atoms with E-state index in [4.69, 9.17) is 9.47 Å². The molecule has 0 amide bonds. The first-order valence-electron chi connectivity index (χ1n) is 13.9. The van der Waals surface area contributed by atoms with E-state index in [2.05, 4.69) is 40.7 Å². The molecule has 5 heteroatoms. The third-order valence-corrected chi connectivity index (χ3v) is 11.3. The molecule has 0 spiro atoms. The van der Waals surface area contributed by atoms with Crippen LogP contribution in [0.5, 0.6) is 11.5 Å². The lowest BCUT2D eigenvalue weighted by atomic mass is 9.35. The Morgan fingerprint density at radius 1 is 0.973 bits per heavy atom. The van der Waals surface area contributed by atoms with Crippen LogP contribution in [0.4, 0.5) is 0 Å². The van der Waals surface area contributed by atoms with Gasteiger partial charge in [-0.05, 0) is 90.4 Å². The average molecular weight is 507 g/mol. The molecule has 1 aromatic carbocycles. The topological polar surface area (TPSA) is 69.7 Å². The second-order valence-electron chi connectivity index (χ2n) is 13.4. The lowest BCUT2D eigenvalue weighted by Gasteiger charge is -2.69. The van der Waals surface area contributed by atoms with Crippen molar-refractivity contribution in [3.05, 3.63) is 34.4 Å². The van der Waals surface area contributed by atoms with Crippen molar-refractivity contribution < 1.29 is 23.9 Å². The minimum Gasteiger partial charge on any atom is -0.423 e. The highest BCUT2D eigenvalue weighted by molar-refractivity contribution is 5.82. The number of allylic oxidation sites excluding steroid dienone is 2. The molecule has 200 valence electrons. The summed E-state index contributed by atoms with van der Waals surface area (Å²) in [4.78, 5) is 36.6. The molecule has 4 aliphatic rings. The number of carbonyl (C=O) groups is 3. The van der Waals surface area contributed by atoms with Crippen molar-refractivity contribution in [2.75, 3.05) is 0 Å². The van der Waals surface area contributed by atoms with E-state index in [1.807, 2.05) is 13.0 Å². The van der Waals surface area contributed by atoms with E-state index in [0.717, 1.165) is 44.1 Å². The van der Waals surface area contributed by atoms with Gasteiger partial charge in [-0.25, -0.2) is 0 Å². The number of benzene rings is 1. The van der Waals surface area contributed by atoms with Gasteiger partial charge < -0.3 is 9.47 Å². The zero-order chi connectivity index (χ0) is 27.1. The standard InChI is InChI=1S/C32H42O5/c1-18-15-27-29(5,17-24(18)35)11-13-31(7)26-10-9-22-19(2)28(37-21(4)34)25(36-20(3)33)16-23(22)30(26,6)12-14-32(27,31)8/h10,16,18,27H,9,11-15,17H2,1-8H3/t18-,27-,29+,30-,31-,32+/m1/s1. The zero-order valence-electron chi connectivity index (χ0n) is 23.8. The quantitative estimate of drug-likeness (QED) is 0.250. The van der Waals surface area contributed by atoms with E-state index in [0.29, 0.717) is 29.6 Å². The van der Waals surface area contributed by atoms with Gasteiger partial charge in [0.15, 0.2) is 11.5 Å². The van der Waals surface area contributed by atoms with Gasteiger partial charge in [0.1, 0.15) is 5.78 Å². The van der Waals surface area contributed by atoms with Gasteiger partial charge in [-0.3, -0.25) is 14.4 Å². The summed E-state index contributed by atoms with van der Waals surface area (Å²) in [7, 11) is 0. The highest BCUT2D eigenvalue weighted by Crippen LogP contribution is 2.73. The van der Waals surface area contributed by atoms with Gasteiger partial charge >= 0.3 is 11.9 Å². The van der Waals surface area contributed by atoms with E-state index in [9.17, 15) is 14.4 Å². The van der Waals surface area contributed by atoms with Gasteiger partial charge in [0, 0.05) is 31.6 Å². The van der Waals surface area contributed by atoms with Crippen LogP contribution in [-0.2, 0) is 26.2 Å². The van der Waals surface area contributed by atoms with Crippen LogP contribution >= 0.6 is 0 Å². The molecule has 4 aliphatic carbocycles. The molecule has 37 heavy (non-hydrogen) atoms. The van der Waals surface area contributed by atoms with E-state index >= 15 is 0 Å². The Morgan fingerprint density at radius 3 is 2.30 bits per heavy atom. The third-order valence-electron chi connectivity index (χ3n) is 11.3. The summed E-state index contributed by atoms with van der Waals surface area (Å²) in [6, 6.07) is 1.97. The molecule has 0 N–H and O–H groups in total. The summed E-state index contributed by atoms with van der Waals surface area (Å²) < 4.78 is 11.2. The normalized spacial score (nSPS) is 38.4. The van der Waals surface area contributed by atoms with Gasteiger partial charge in [0.2, 0.25) is 0 Å². The number of fused-ring (bicyclic) bond motifs is 7. The number of ketones is 1. The molecule has 5 rings (SSSR count). The summed E-state index contributed by atoms with van der Waals surface area (Å²) in [5.41, 5.74) is 4.75. The number of carbonyl (C=O) groups excluding carboxylic acids is 3. The van der Waals surface area contributed by atoms with Gasteiger partial charge in [0.05, 0.1) is 0 Å². The molecule has 0 saturated heterocycles. The number of hydrogen-bond donors (Lipinski definition) is 0. The lowest BCUT2D eigenvalue weighted by Crippen LogP contribution is -2.62. The molecule has 0 bridgehead atoms. The fourth-order valence-corrected chi connectivity index (χ4v) is 9.11. The van der Waals surface area contributed by atoms with Crippen molar-refractivity contribution in [3.63, 3.8) is 0 Å². The predicted octanol–water partition coefficient (Wildman–Crippen LogP) is 6.81. The highest BCUT2D eigenvalue weighted by Gasteiger charge is 2.66. The molecule has 0 unspecified atom stereocenters. The molecular weight excluding hydrogens is 464 g/mol. The predicted molar refractivity (Wildman–Crippen MR) is 143 cm³/mol. The van der Waals surface area contributed by atoms with Crippen LogP contribution in [0.3, 0.4) is 0 Å². The summed E-state index contributed by atoms with van der Waals surface area (Å²) in [5.74, 6) is 0.915. The van der Waals surface area contributed by atoms with Crippen LogP contribution in [0.15, 0.2) is 17.7 Å². The Hall–Kier alpha value is -2.43. The monoisotopic (exact) mass is 506 g/mol. The van der Waals surface area contributed by atoms with Gasteiger partial charge in [-0.15, -0.1) is 0 Å². The Balaban J connectivity index is 1.63. The largest absolute Gasteiger partial charge is 0.423 e. The van der Waals surface area contributed by atoms with Crippen LogP contribution in [0.1, 0.15) is 104 Å². The van der Waals surface area contributed by atoms with Crippen LogP contribution in [-0.4, -0.2) is 17.7 Å². The van der Waals surface area contributed by atoms with E-state index in [1.165, 1.54) is 30.5 Å². The maximum Gasteiger partial charge on any atom is 0.308 e. The molecule has 6 atom stereocenters. The number of Topliss-reactive ketones (excluding diaryl/α,β-unsaturated/α-hetero) is 1. The number of rotatable bonds is 2. The Kier molecular flexibility index (Phi) is 5.86. The summed E-state index contributed by atoms with van der Waals surface area (Å²) in [5, 5.41) is 0. The molecule has 0 heterocycles. The average Bonchev–Trinajstić information content (AvgIpc) is 2.80. The van der Waals surface area contributed by atoms with Crippen molar-refractivity contribution >= 4 is 17.7 Å². The molecule has 0 aromatic heterocycles. The van der Waals surface area contributed by atoms with Crippen molar-refractivity contribution in [1.29, 1.82) is 0 Å². The first-order chi connectivity index (χ1) is 17.2. The summed E-state index contributed by atoms with van der Waals surface area (Å²) >= 11 is 0. The molecule has 1 aromatic rings. The van der Waals surface area contributed by atoms with E-state index in [1.54, 1.807) is 0 Å². The van der Waals surface area contributed by atoms with Crippen LogP contribution in [0.25, 0.3) is 0 Å². The van der Waals surface area contributed by atoms with Crippen LogP contribution in [0, 0.1) is 35.0 Å². The van der Waals surface area contributed by atoms with Crippen molar-refractivity contribution in [2.45, 2.75) is 106 Å². The molecular formula is C32H42O5. The SMILES string of the molecule is CC(=O)Oc1cc2c(c(C)c1OC(C)=O)CC=C1[C@]2(C)CC[C@@]2(C)[C@@H]3C[C@@H](C)C(=O)C[C@]3(C)CC[C@]12C. The maximum atomic E-state index is 12.8. The van der Waals surface area contributed by atoms with E-state index in [-0.39, 0.29) is 27.6 Å². The van der Waals surface area contributed by atoms with Gasteiger partial charge in [-0.1, -0.05) is 46.3 Å². The second kappa shape index (κ2) is 8.28. The first kappa shape index (κ1) is 26.2. The highest BCUT2D eigenvalue weighted by atomic mass is 16.6. The molecule has 0 aliphatic heterocycles. The van der Waals surface area contributed by atoms with Crippen molar-refractivity contribution in [3.8, 4) is 11.5 Å². The first-order valence-corrected chi connectivity index (χ1v) is 13.9. The Morgan fingerprint density at radius 2 is 1.65 bits per heavy atom. The van der Waals surface area contributed by atoms with E-state index < -0.39 is 11.9 Å². The van der Waals surface area contributed by atoms with Crippen molar-refractivity contribution in [1.82, 2.24) is 0 Å². The summed E-state index contributed by atoms with van der Waals surface area (Å²) in [6.45, 7) is 16.5. The lowest BCUT2D eigenvalue weighted by molar-refractivity contribution is -0.160. The fraction of sp³-hybridized carbons (Fsp3) is 0.656. The second-order valence-corrected chi connectivity index (χ2v) is 13.4. The van der Waals surface area contributed by atoms with Crippen LogP contribution < -0.4 is 9.47 Å². The number of esters is 2. The zero-order valence-corrected chi connectivity index (χ0v) is 23.8. The van der Waals surface area contributed by atoms with Gasteiger partial charge in [-0.2, -0.15) is 0 Å².